The summed E-state index contributed by atoms with van der Waals surface area (Å²) in [5.41, 5.74) is 12.5. The molecule has 0 unspecified atom stereocenters. The maximum absolute atomic E-state index is 13.7. The molecule has 0 aliphatic heterocycles. The molecule has 1 heterocycles. The molecule has 0 bridgehead atoms. The molecule has 1 aromatic heterocycles. The first-order valence-corrected chi connectivity index (χ1v) is 12.1. The number of aromatic nitrogens is 1. The number of anilines is 1. The number of rotatable bonds is 10. The van der Waals surface area contributed by atoms with Crippen molar-refractivity contribution in [2.45, 2.75) is 37.8 Å². The van der Waals surface area contributed by atoms with Gasteiger partial charge in [-0.15, -0.1) is 0 Å². The number of unbranched alkanes of at least 4 members (excludes halogenated alkanes) is 1. The summed E-state index contributed by atoms with van der Waals surface area (Å²) in [5, 5.41) is 5.43. The number of nitrogens with one attached hydrogen (secondary N) is 2. The molecule has 2 amide bonds. The van der Waals surface area contributed by atoms with Crippen molar-refractivity contribution in [3.05, 3.63) is 94.8 Å². The van der Waals surface area contributed by atoms with E-state index in [-0.39, 0.29) is 11.5 Å². The van der Waals surface area contributed by atoms with Crippen LogP contribution in [0.25, 0.3) is 0 Å². The lowest BCUT2D eigenvalue weighted by Gasteiger charge is -2.14. The zero-order valence-electron chi connectivity index (χ0n) is 20.8. The van der Waals surface area contributed by atoms with Gasteiger partial charge in [-0.3, -0.25) is 9.59 Å². The highest BCUT2D eigenvalue weighted by molar-refractivity contribution is 5.94. The van der Waals surface area contributed by atoms with Crippen LogP contribution < -0.4 is 22.1 Å². The second-order valence-corrected chi connectivity index (χ2v) is 8.70. The van der Waals surface area contributed by atoms with Crippen molar-refractivity contribution in [1.82, 2.24) is 10.3 Å². The van der Waals surface area contributed by atoms with Gasteiger partial charge in [-0.25, -0.2) is 8.78 Å². The smallest absolute Gasteiger partial charge is 0.253 e. The van der Waals surface area contributed by atoms with Gasteiger partial charge in [0.05, 0.1) is 12.1 Å². The number of hydrogen-bond donors (Lipinski definition) is 4. The Kier molecular flexibility index (Phi) is 10.5. The van der Waals surface area contributed by atoms with Crippen molar-refractivity contribution in [3.8, 4) is 11.8 Å². The molecular formula is C28H27F4N5O2. The number of carbonyl (C=O) groups excluding carboxylic acids is 2. The van der Waals surface area contributed by atoms with Gasteiger partial charge in [-0.05, 0) is 55.5 Å². The molecular weight excluding hydrogens is 514 g/mol. The summed E-state index contributed by atoms with van der Waals surface area (Å²) in [5.74, 6) is -3.17. The predicted octanol–water partition coefficient (Wildman–Crippen LogP) is 3.16. The molecule has 0 radical (unpaired) electrons. The van der Waals surface area contributed by atoms with Gasteiger partial charge in [0.1, 0.15) is 5.56 Å². The minimum absolute atomic E-state index is 0.246. The van der Waals surface area contributed by atoms with E-state index < -0.39 is 47.1 Å². The number of nitrogens with zero attached hydrogens (tertiary/aromatic N) is 1. The Morgan fingerprint density at radius 2 is 1.46 bits per heavy atom. The SMILES string of the molecule is N[C@@H](Cc1ccccc1)C(=O)NCCCC[C@H](N)C(=O)Nc1ccc(C#Cc2c(F)c(F)nc(F)c2F)cc1. The Bertz CT molecular complexity index is 1330. The average Bonchev–Trinajstić information content (AvgIpc) is 2.92. The number of nitrogens with two attached hydrogens (primary N) is 2. The first kappa shape index (κ1) is 29.3. The summed E-state index contributed by atoms with van der Waals surface area (Å²) < 4.78 is 53.7. The maximum Gasteiger partial charge on any atom is 0.253 e. The van der Waals surface area contributed by atoms with E-state index in [9.17, 15) is 27.2 Å². The molecule has 3 aromatic rings. The fourth-order valence-electron chi connectivity index (χ4n) is 3.53. The van der Waals surface area contributed by atoms with Crippen molar-refractivity contribution >= 4 is 17.5 Å². The highest BCUT2D eigenvalue weighted by atomic mass is 19.2. The Labute approximate surface area is 223 Å². The average molecular weight is 542 g/mol. The summed E-state index contributed by atoms with van der Waals surface area (Å²) in [4.78, 5) is 27.0. The van der Waals surface area contributed by atoms with E-state index in [4.69, 9.17) is 11.5 Å². The standard InChI is InChI=1S/C28H27F4N5O2/c29-23-20(24(30)26(32)37-25(23)31)14-11-17-9-12-19(13-10-17)36-28(39)21(33)8-4-5-15-35-27(38)22(34)16-18-6-2-1-3-7-18/h1-3,6-7,9-10,12-13,21-22H,4-5,8,15-16,33-34H2,(H,35,38)(H,36,39)/t21-,22-/m0/s1. The number of hydrogen-bond acceptors (Lipinski definition) is 5. The number of pyridine rings is 1. The van der Waals surface area contributed by atoms with Gasteiger partial charge >= 0.3 is 0 Å². The van der Waals surface area contributed by atoms with E-state index in [0.29, 0.717) is 37.9 Å². The van der Waals surface area contributed by atoms with Crippen LogP contribution in [0.1, 0.15) is 36.0 Å². The zero-order valence-corrected chi connectivity index (χ0v) is 20.8. The third-order valence-electron chi connectivity index (χ3n) is 5.69. The van der Waals surface area contributed by atoms with Crippen LogP contribution >= 0.6 is 0 Å². The Balaban J connectivity index is 1.40. The van der Waals surface area contributed by atoms with Crippen molar-refractivity contribution in [1.29, 1.82) is 0 Å². The molecule has 204 valence electrons. The Hall–Kier alpha value is -4.27. The van der Waals surface area contributed by atoms with Gasteiger partial charge in [-0.1, -0.05) is 42.2 Å². The molecule has 0 fully saturated rings. The Morgan fingerprint density at radius 1 is 0.821 bits per heavy atom. The number of halogens is 4. The van der Waals surface area contributed by atoms with E-state index in [1.807, 2.05) is 30.3 Å². The van der Waals surface area contributed by atoms with Gasteiger partial charge in [0, 0.05) is 17.8 Å². The first-order chi connectivity index (χ1) is 18.7. The summed E-state index contributed by atoms with van der Waals surface area (Å²) in [6, 6.07) is 13.9. The van der Waals surface area contributed by atoms with Crippen LogP contribution in [0.4, 0.5) is 23.2 Å². The predicted molar refractivity (Wildman–Crippen MR) is 138 cm³/mol. The molecule has 3 rings (SSSR count). The van der Waals surface area contributed by atoms with Crippen LogP contribution in [0.3, 0.4) is 0 Å². The van der Waals surface area contributed by atoms with Crippen LogP contribution in [-0.4, -0.2) is 35.4 Å². The van der Waals surface area contributed by atoms with Gasteiger partial charge < -0.3 is 22.1 Å². The lowest BCUT2D eigenvalue weighted by Crippen LogP contribution is -2.42. The lowest BCUT2D eigenvalue weighted by molar-refractivity contribution is -0.122. The van der Waals surface area contributed by atoms with Crippen molar-refractivity contribution in [2.24, 2.45) is 11.5 Å². The minimum atomic E-state index is -1.79. The Morgan fingerprint density at radius 3 is 2.10 bits per heavy atom. The van der Waals surface area contributed by atoms with E-state index in [1.54, 1.807) is 0 Å². The number of carbonyl (C=O) groups is 2. The highest BCUT2D eigenvalue weighted by Crippen LogP contribution is 2.16. The van der Waals surface area contributed by atoms with Crippen LogP contribution in [0.15, 0.2) is 54.6 Å². The van der Waals surface area contributed by atoms with Crippen molar-refractivity contribution < 1.29 is 27.2 Å². The molecule has 6 N–H and O–H groups in total. The molecule has 0 saturated carbocycles. The van der Waals surface area contributed by atoms with Crippen molar-refractivity contribution in [2.75, 3.05) is 11.9 Å². The number of benzene rings is 2. The van der Waals surface area contributed by atoms with Crippen LogP contribution in [0.2, 0.25) is 0 Å². The quantitative estimate of drug-likeness (QED) is 0.136. The van der Waals surface area contributed by atoms with E-state index in [0.717, 1.165) is 5.56 Å². The largest absolute Gasteiger partial charge is 0.355 e. The number of amides is 2. The molecule has 39 heavy (non-hydrogen) atoms. The highest BCUT2D eigenvalue weighted by Gasteiger charge is 2.19. The molecule has 0 spiro atoms. The van der Waals surface area contributed by atoms with Gasteiger partial charge in [0.2, 0.25) is 11.8 Å². The second-order valence-electron chi connectivity index (χ2n) is 8.70. The fraction of sp³-hybridized carbons (Fsp3) is 0.250. The summed E-state index contributed by atoms with van der Waals surface area (Å²) in [6.07, 6.45) is 2.04. The van der Waals surface area contributed by atoms with Crippen molar-refractivity contribution in [3.63, 3.8) is 0 Å². The van der Waals surface area contributed by atoms with E-state index in [2.05, 4.69) is 27.5 Å². The van der Waals surface area contributed by atoms with E-state index >= 15 is 0 Å². The molecule has 0 aliphatic carbocycles. The van der Waals surface area contributed by atoms with Crippen LogP contribution in [0.5, 0.6) is 0 Å². The van der Waals surface area contributed by atoms with E-state index in [1.165, 1.54) is 24.3 Å². The first-order valence-electron chi connectivity index (χ1n) is 12.1. The summed E-state index contributed by atoms with van der Waals surface area (Å²) in [6.45, 7) is 0.407. The normalized spacial score (nSPS) is 12.2. The molecule has 2 atom stereocenters. The summed E-state index contributed by atoms with van der Waals surface area (Å²) >= 11 is 0. The minimum Gasteiger partial charge on any atom is -0.355 e. The fourth-order valence-corrected chi connectivity index (χ4v) is 3.53. The molecule has 0 aliphatic rings. The van der Waals surface area contributed by atoms with Crippen LogP contribution in [-0.2, 0) is 16.0 Å². The van der Waals surface area contributed by atoms with Gasteiger partial charge in [-0.2, -0.15) is 13.8 Å². The molecule has 7 nitrogen and oxygen atoms in total. The van der Waals surface area contributed by atoms with Gasteiger partial charge in [0.15, 0.2) is 11.6 Å². The molecule has 2 aromatic carbocycles. The zero-order chi connectivity index (χ0) is 28.4. The maximum atomic E-state index is 13.7. The molecule has 11 heteroatoms. The topological polar surface area (TPSA) is 123 Å². The summed E-state index contributed by atoms with van der Waals surface area (Å²) in [7, 11) is 0. The monoisotopic (exact) mass is 541 g/mol. The van der Waals surface area contributed by atoms with Gasteiger partial charge in [0.25, 0.3) is 11.9 Å². The van der Waals surface area contributed by atoms with Crippen LogP contribution in [0, 0.1) is 35.4 Å². The second kappa shape index (κ2) is 14.0. The third-order valence-corrected chi connectivity index (χ3v) is 5.69. The third kappa shape index (κ3) is 8.63. The lowest BCUT2D eigenvalue weighted by atomic mass is 10.1. The molecule has 0 saturated heterocycles.